The molecule has 1 aliphatic heterocycles. The van der Waals surface area contributed by atoms with E-state index in [-0.39, 0.29) is 11.0 Å². The molecule has 3 rings (SSSR count). The van der Waals surface area contributed by atoms with Gasteiger partial charge in [0.2, 0.25) is 0 Å². The van der Waals surface area contributed by atoms with Crippen LogP contribution in [0.15, 0.2) is 24.3 Å². The van der Waals surface area contributed by atoms with Gasteiger partial charge in [-0.15, -0.1) is 0 Å². The lowest BCUT2D eigenvalue weighted by atomic mass is 9.85. The SMILES string of the molecule is COC1(CNC2c3ccccc3CC2(C)C)CCOC1. The van der Waals surface area contributed by atoms with E-state index >= 15 is 0 Å². The molecule has 1 fully saturated rings. The lowest BCUT2D eigenvalue weighted by molar-refractivity contribution is -0.0198. The summed E-state index contributed by atoms with van der Waals surface area (Å²) >= 11 is 0. The molecule has 0 radical (unpaired) electrons. The molecule has 2 aliphatic rings. The highest BCUT2D eigenvalue weighted by Crippen LogP contribution is 2.45. The molecule has 0 bridgehead atoms. The molecule has 3 nitrogen and oxygen atoms in total. The van der Waals surface area contributed by atoms with E-state index < -0.39 is 0 Å². The summed E-state index contributed by atoms with van der Waals surface area (Å²) in [7, 11) is 1.80. The number of hydrogen-bond acceptors (Lipinski definition) is 3. The number of nitrogens with one attached hydrogen (secondary N) is 1. The molecule has 0 amide bonds. The van der Waals surface area contributed by atoms with Gasteiger partial charge in [-0.3, -0.25) is 0 Å². The molecule has 1 heterocycles. The second kappa shape index (κ2) is 5.14. The van der Waals surface area contributed by atoms with Crippen LogP contribution in [-0.2, 0) is 15.9 Å². The van der Waals surface area contributed by atoms with E-state index in [1.807, 2.05) is 0 Å². The Bertz CT molecular complexity index is 478. The van der Waals surface area contributed by atoms with Crippen molar-refractivity contribution < 1.29 is 9.47 Å². The van der Waals surface area contributed by atoms with E-state index in [1.165, 1.54) is 11.1 Å². The van der Waals surface area contributed by atoms with Crippen LogP contribution in [0.5, 0.6) is 0 Å². The Balaban J connectivity index is 1.76. The Kier molecular flexibility index (Phi) is 3.61. The quantitative estimate of drug-likeness (QED) is 0.916. The van der Waals surface area contributed by atoms with Gasteiger partial charge in [0, 0.05) is 32.7 Å². The Labute approximate surface area is 121 Å². The minimum absolute atomic E-state index is 0.145. The molecular formula is C17H25NO2. The van der Waals surface area contributed by atoms with Crippen molar-refractivity contribution in [1.29, 1.82) is 0 Å². The molecule has 0 saturated carbocycles. The Morgan fingerprint density at radius 1 is 1.35 bits per heavy atom. The molecule has 110 valence electrons. The molecule has 1 aliphatic carbocycles. The lowest BCUT2D eigenvalue weighted by Crippen LogP contribution is -2.46. The van der Waals surface area contributed by atoms with Gasteiger partial charge in [-0.25, -0.2) is 0 Å². The second-order valence-corrected chi connectivity index (χ2v) is 6.87. The summed E-state index contributed by atoms with van der Waals surface area (Å²) in [6.07, 6.45) is 2.11. The second-order valence-electron chi connectivity index (χ2n) is 6.87. The topological polar surface area (TPSA) is 30.5 Å². The van der Waals surface area contributed by atoms with Gasteiger partial charge in [-0.2, -0.15) is 0 Å². The third-order valence-corrected chi connectivity index (χ3v) is 4.92. The van der Waals surface area contributed by atoms with Crippen LogP contribution in [0.2, 0.25) is 0 Å². The smallest absolute Gasteiger partial charge is 0.106 e. The van der Waals surface area contributed by atoms with E-state index in [0.717, 1.165) is 26.0 Å². The number of hydrogen-bond donors (Lipinski definition) is 1. The van der Waals surface area contributed by atoms with Crippen molar-refractivity contribution >= 4 is 0 Å². The van der Waals surface area contributed by atoms with E-state index in [2.05, 4.69) is 43.4 Å². The van der Waals surface area contributed by atoms with Gasteiger partial charge in [0.1, 0.15) is 5.60 Å². The van der Waals surface area contributed by atoms with Gasteiger partial charge in [0.05, 0.1) is 6.61 Å². The van der Waals surface area contributed by atoms with Gasteiger partial charge in [-0.1, -0.05) is 38.1 Å². The van der Waals surface area contributed by atoms with Crippen molar-refractivity contribution in [2.45, 2.75) is 38.3 Å². The van der Waals surface area contributed by atoms with Crippen molar-refractivity contribution in [3.05, 3.63) is 35.4 Å². The Morgan fingerprint density at radius 2 is 2.15 bits per heavy atom. The minimum Gasteiger partial charge on any atom is -0.378 e. The predicted octanol–water partition coefficient (Wildman–Crippen LogP) is 2.71. The number of rotatable bonds is 4. The molecule has 3 heteroatoms. The van der Waals surface area contributed by atoms with Crippen molar-refractivity contribution in [3.63, 3.8) is 0 Å². The summed E-state index contributed by atoms with van der Waals surface area (Å²) in [6.45, 7) is 7.04. The van der Waals surface area contributed by atoms with E-state index in [9.17, 15) is 0 Å². The standard InChI is InChI=1S/C17H25NO2/c1-16(2)10-13-6-4-5-7-14(13)15(16)18-11-17(19-3)8-9-20-12-17/h4-7,15,18H,8-12H2,1-3H3. The average molecular weight is 275 g/mol. The number of fused-ring (bicyclic) bond motifs is 1. The van der Waals surface area contributed by atoms with Gasteiger partial charge >= 0.3 is 0 Å². The molecule has 0 aromatic heterocycles. The van der Waals surface area contributed by atoms with Gasteiger partial charge in [0.25, 0.3) is 0 Å². The molecule has 20 heavy (non-hydrogen) atoms. The van der Waals surface area contributed by atoms with Crippen LogP contribution in [0.1, 0.15) is 37.4 Å². The highest BCUT2D eigenvalue weighted by atomic mass is 16.5. The molecule has 2 unspecified atom stereocenters. The summed E-state index contributed by atoms with van der Waals surface area (Å²) < 4.78 is 11.3. The fourth-order valence-corrected chi connectivity index (χ4v) is 3.63. The fraction of sp³-hybridized carbons (Fsp3) is 0.647. The van der Waals surface area contributed by atoms with Crippen molar-refractivity contribution in [1.82, 2.24) is 5.32 Å². The molecule has 2 atom stereocenters. The summed E-state index contributed by atoms with van der Waals surface area (Å²) in [5.41, 5.74) is 3.03. The third-order valence-electron chi connectivity index (χ3n) is 4.92. The van der Waals surface area contributed by atoms with E-state index in [1.54, 1.807) is 7.11 Å². The maximum absolute atomic E-state index is 5.73. The van der Waals surface area contributed by atoms with Crippen molar-refractivity contribution in [2.24, 2.45) is 5.41 Å². The molecule has 1 aromatic carbocycles. The normalized spacial score (nSPS) is 31.4. The zero-order valence-corrected chi connectivity index (χ0v) is 12.7. The highest BCUT2D eigenvalue weighted by molar-refractivity contribution is 5.37. The first-order chi connectivity index (χ1) is 9.56. The van der Waals surface area contributed by atoms with Gasteiger partial charge in [-0.05, 0) is 23.0 Å². The number of ether oxygens (including phenoxy) is 2. The average Bonchev–Trinajstić information content (AvgIpc) is 2.98. The van der Waals surface area contributed by atoms with Crippen LogP contribution in [0, 0.1) is 5.41 Å². The van der Waals surface area contributed by atoms with Crippen LogP contribution in [0.3, 0.4) is 0 Å². The first kappa shape index (κ1) is 14.1. The van der Waals surface area contributed by atoms with Crippen LogP contribution in [0.4, 0.5) is 0 Å². The molecule has 0 spiro atoms. The lowest BCUT2D eigenvalue weighted by Gasteiger charge is -2.33. The maximum atomic E-state index is 5.73. The van der Waals surface area contributed by atoms with Crippen LogP contribution >= 0.6 is 0 Å². The summed E-state index contributed by atoms with van der Waals surface area (Å²) in [5.74, 6) is 0. The van der Waals surface area contributed by atoms with E-state index in [4.69, 9.17) is 9.47 Å². The molecular weight excluding hydrogens is 250 g/mol. The Morgan fingerprint density at radius 3 is 2.85 bits per heavy atom. The number of benzene rings is 1. The van der Waals surface area contributed by atoms with Crippen molar-refractivity contribution in [2.75, 3.05) is 26.9 Å². The zero-order valence-electron chi connectivity index (χ0n) is 12.7. The first-order valence-corrected chi connectivity index (χ1v) is 7.50. The summed E-state index contributed by atoms with van der Waals surface area (Å²) in [4.78, 5) is 0. The molecule has 1 saturated heterocycles. The van der Waals surface area contributed by atoms with E-state index in [0.29, 0.717) is 12.6 Å². The number of methoxy groups -OCH3 is 1. The maximum Gasteiger partial charge on any atom is 0.106 e. The summed E-state index contributed by atoms with van der Waals surface area (Å²) in [5, 5.41) is 3.76. The zero-order chi connectivity index (χ0) is 14.2. The highest BCUT2D eigenvalue weighted by Gasteiger charge is 2.41. The largest absolute Gasteiger partial charge is 0.378 e. The molecule has 1 aromatic rings. The van der Waals surface area contributed by atoms with Crippen LogP contribution in [0.25, 0.3) is 0 Å². The summed E-state index contributed by atoms with van der Waals surface area (Å²) in [6, 6.07) is 9.18. The monoisotopic (exact) mass is 275 g/mol. The van der Waals surface area contributed by atoms with Crippen molar-refractivity contribution in [3.8, 4) is 0 Å². The fourth-order valence-electron chi connectivity index (χ4n) is 3.63. The molecule has 1 N–H and O–H groups in total. The van der Waals surface area contributed by atoms with Crippen LogP contribution < -0.4 is 5.32 Å². The first-order valence-electron chi connectivity index (χ1n) is 7.50. The Hall–Kier alpha value is -0.900. The predicted molar refractivity (Wildman–Crippen MR) is 79.8 cm³/mol. The minimum atomic E-state index is -0.145. The third kappa shape index (κ3) is 2.39. The van der Waals surface area contributed by atoms with Crippen LogP contribution in [-0.4, -0.2) is 32.5 Å². The van der Waals surface area contributed by atoms with Gasteiger partial charge < -0.3 is 14.8 Å². The van der Waals surface area contributed by atoms with Gasteiger partial charge in [0.15, 0.2) is 0 Å².